The third-order valence-corrected chi connectivity index (χ3v) is 1.71. The van der Waals surface area contributed by atoms with Gasteiger partial charge in [0.2, 0.25) is 11.8 Å². The smallest absolute Gasteiger partial charge is 0.326 e. The van der Waals surface area contributed by atoms with Crippen molar-refractivity contribution in [1.29, 1.82) is 0 Å². The van der Waals surface area contributed by atoms with Crippen molar-refractivity contribution in [2.24, 2.45) is 11.5 Å². The first-order chi connectivity index (χ1) is 6.84. The SMILES string of the molecule is C[C@H](N)C(=O)N[C@H](CCC(N)=O)C(=O)O.Cl. The van der Waals surface area contributed by atoms with Gasteiger partial charge in [-0.2, -0.15) is 0 Å². The molecular weight excluding hydrogens is 238 g/mol. The number of hydrogen-bond donors (Lipinski definition) is 4. The summed E-state index contributed by atoms with van der Waals surface area (Å²) >= 11 is 0. The van der Waals surface area contributed by atoms with Crippen molar-refractivity contribution in [1.82, 2.24) is 5.32 Å². The molecule has 7 nitrogen and oxygen atoms in total. The van der Waals surface area contributed by atoms with E-state index in [0.717, 1.165) is 0 Å². The van der Waals surface area contributed by atoms with Gasteiger partial charge in [0.25, 0.3) is 0 Å². The van der Waals surface area contributed by atoms with E-state index in [0.29, 0.717) is 0 Å². The van der Waals surface area contributed by atoms with Crippen LogP contribution in [0.1, 0.15) is 19.8 Å². The molecule has 0 saturated carbocycles. The van der Waals surface area contributed by atoms with Crippen LogP contribution in [0.2, 0.25) is 0 Å². The lowest BCUT2D eigenvalue weighted by molar-refractivity contribution is -0.142. The summed E-state index contributed by atoms with van der Waals surface area (Å²) in [7, 11) is 0. The van der Waals surface area contributed by atoms with Crippen molar-refractivity contribution >= 4 is 30.2 Å². The van der Waals surface area contributed by atoms with E-state index < -0.39 is 29.9 Å². The highest BCUT2D eigenvalue weighted by Crippen LogP contribution is 1.97. The lowest BCUT2D eigenvalue weighted by atomic mass is 10.1. The predicted octanol–water partition coefficient (Wildman–Crippen LogP) is -1.41. The number of nitrogens with two attached hydrogens (primary N) is 2. The van der Waals surface area contributed by atoms with Crippen LogP contribution in [-0.2, 0) is 14.4 Å². The van der Waals surface area contributed by atoms with Crippen molar-refractivity contribution in [3.05, 3.63) is 0 Å². The molecule has 0 heterocycles. The highest BCUT2D eigenvalue weighted by atomic mass is 35.5. The monoisotopic (exact) mass is 253 g/mol. The fraction of sp³-hybridized carbons (Fsp3) is 0.625. The maximum Gasteiger partial charge on any atom is 0.326 e. The fourth-order valence-electron chi connectivity index (χ4n) is 0.847. The lowest BCUT2D eigenvalue weighted by Crippen LogP contribution is -2.47. The van der Waals surface area contributed by atoms with Crippen molar-refractivity contribution in [2.75, 3.05) is 0 Å². The van der Waals surface area contributed by atoms with Gasteiger partial charge in [0.05, 0.1) is 6.04 Å². The van der Waals surface area contributed by atoms with Gasteiger partial charge in [-0.3, -0.25) is 9.59 Å². The second-order valence-corrected chi connectivity index (χ2v) is 3.19. The minimum atomic E-state index is -1.22. The van der Waals surface area contributed by atoms with Crippen molar-refractivity contribution in [2.45, 2.75) is 31.8 Å². The number of carboxylic acids is 1. The first-order valence-electron chi connectivity index (χ1n) is 4.41. The third-order valence-electron chi connectivity index (χ3n) is 1.71. The number of hydrogen-bond acceptors (Lipinski definition) is 4. The Morgan fingerprint density at radius 1 is 1.38 bits per heavy atom. The van der Waals surface area contributed by atoms with Crippen LogP contribution in [0.15, 0.2) is 0 Å². The Bertz CT molecular complexity index is 270. The highest BCUT2D eigenvalue weighted by molar-refractivity contribution is 5.86. The molecule has 0 aromatic heterocycles. The van der Waals surface area contributed by atoms with E-state index in [4.69, 9.17) is 16.6 Å². The van der Waals surface area contributed by atoms with Gasteiger partial charge in [-0.25, -0.2) is 4.79 Å². The Morgan fingerprint density at radius 3 is 2.19 bits per heavy atom. The molecular formula is C8H16ClN3O4. The Hall–Kier alpha value is -1.34. The molecule has 0 rings (SSSR count). The Balaban J connectivity index is 0. The zero-order chi connectivity index (χ0) is 12.0. The van der Waals surface area contributed by atoms with E-state index in [1.807, 2.05) is 0 Å². The van der Waals surface area contributed by atoms with Gasteiger partial charge >= 0.3 is 5.97 Å². The Morgan fingerprint density at radius 2 is 1.88 bits per heavy atom. The minimum Gasteiger partial charge on any atom is -0.480 e. The predicted molar refractivity (Wildman–Crippen MR) is 58.9 cm³/mol. The van der Waals surface area contributed by atoms with Crippen LogP contribution in [-0.4, -0.2) is 35.0 Å². The van der Waals surface area contributed by atoms with Gasteiger partial charge in [0, 0.05) is 6.42 Å². The molecule has 0 aromatic carbocycles. The number of aliphatic carboxylic acids is 1. The van der Waals surface area contributed by atoms with Gasteiger partial charge in [-0.1, -0.05) is 0 Å². The number of nitrogens with one attached hydrogen (secondary N) is 1. The second kappa shape index (κ2) is 7.89. The van der Waals surface area contributed by atoms with E-state index in [2.05, 4.69) is 5.32 Å². The van der Waals surface area contributed by atoms with Crippen LogP contribution in [0.4, 0.5) is 0 Å². The summed E-state index contributed by atoms with van der Waals surface area (Å²) in [5.41, 5.74) is 10.1. The molecule has 0 saturated heterocycles. The van der Waals surface area contributed by atoms with Crippen molar-refractivity contribution in [3.63, 3.8) is 0 Å². The topological polar surface area (TPSA) is 136 Å². The van der Waals surface area contributed by atoms with E-state index in [1.54, 1.807) is 0 Å². The van der Waals surface area contributed by atoms with E-state index in [9.17, 15) is 14.4 Å². The van der Waals surface area contributed by atoms with Crippen LogP contribution in [0, 0.1) is 0 Å². The standard InChI is InChI=1S/C8H15N3O4.ClH/c1-4(9)7(13)11-5(8(14)15)2-3-6(10)12;/h4-5H,2-3,9H2,1H3,(H2,10,12)(H,11,13)(H,14,15);1H/t4-,5+;/m0./s1. The lowest BCUT2D eigenvalue weighted by Gasteiger charge is -2.14. The number of carboxylic acid groups (broad SMARTS) is 1. The zero-order valence-corrected chi connectivity index (χ0v) is 9.62. The molecule has 0 aliphatic heterocycles. The summed E-state index contributed by atoms with van der Waals surface area (Å²) in [6, 6.07) is -1.92. The molecule has 0 bridgehead atoms. The first kappa shape index (κ1) is 17.1. The molecule has 0 radical (unpaired) electrons. The normalized spacial score (nSPS) is 13.1. The van der Waals surface area contributed by atoms with Crippen LogP contribution in [0.5, 0.6) is 0 Å². The first-order valence-corrected chi connectivity index (χ1v) is 4.41. The summed E-state index contributed by atoms with van der Waals surface area (Å²) in [5.74, 6) is -2.41. The van der Waals surface area contributed by atoms with Gasteiger partial charge < -0.3 is 21.9 Å². The molecule has 6 N–H and O–H groups in total. The van der Waals surface area contributed by atoms with E-state index in [1.165, 1.54) is 6.92 Å². The number of halogens is 1. The molecule has 0 aromatic rings. The average molecular weight is 254 g/mol. The Labute approximate surface area is 99.0 Å². The molecule has 0 aliphatic rings. The summed E-state index contributed by atoms with van der Waals surface area (Å²) in [4.78, 5) is 32.2. The number of rotatable bonds is 6. The summed E-state index contributed by atoms with van der Waals surface area (Å²) in [5, 5.41) is 10.9. The molecule has 0 unspecified atom stereocenters. The van der Waals surface area contributed by atoms with Crippen LogP contribution < -0.4 is 16.8 Å². The highest BCUT2D eigenvalue weighted by Gasteiger charge is 2.21. The van der Waals surface area contributed by atoms with Gasteiger partial charge in [0.15, 0.2) is 0 Å². The minimum absolute atomic E-state index is 0. The van der Waals surface area contributed by atoms with Gasteiger partial charge in [0.1, 0.15) is 6.04 Å². The van der Waals surface area contributed by atoms with Crippen LogP contribution in [0.25, 0.3) is 0 Å². The third kappa shape index (κ3) is 7.02. The Kier molecular flexibility index (Phi) is 8.41. The van der Waals surface area contributed by atoms with Crippen LogP contribution in [0.3, 0.4) is 0 Å². The summed E-state index contributed by atoms with van der Waals surface area (Å²) in [6.07, 6.45) is -0.140. The maximum atomic E-state index is 11.1. The van der Waals surface area contributed by atoms with Crippen molar-refractivity contribution in [3.8, 4) is 0 Å². The largest absolute Gasteiger partial charge is 0.480 e. The molecule has 2 atom stereocenters. The number of carbonyl (C=O) groups excluding carboxylic acids is 2. The number of primary amides is 1. The van der Waals surface area contributed by atoms with Gasteiger partial charge in [-0.15, -0.1) is 12.4 Å². The quantitative estimate of drug-likeness (QED) is 0.461. The molecule has 0 spiro atoms. The van der Waals surface area contributed by atoms with Gasteiger partial charge in [-0.05, 0) is 13.3 Å². The van der Waals surface area contributed by atoms with Crippen molar-refractivity contribution < 1.29 is 19.5 Å². The number of carbonyl (C=O) groups is 3. The molecule has 0 aliphatic carbocycles. The summed E-state index contributed by atoms with van der Waals surface area (Å²) < 4.78 is 0. The zero-order valence-electron chi connectivity index (χ0n) is 8.80. The van der Waals surface area contributed by atoms with E-state index >= 15 is 0 Å². The maximum absolute atomic E-state index is 11.1. The summed E-state index contributed by atoms with van der Waals surface area (Å²) in [6.45, 7) is 1.43. The average Bonchev–Trinajstić information content (AvgIpc) is 2.10. The molecule has 8 heteroatoms. The van der Waals surface area contributed by atoms with Crippen LogP contribution >= 0.6 is 12.4 Å². The molecule has 16 heavy (non-hydrogen) atoms. The fourth-order valence-corrected chi connectivity index (χ4v) is 0.847. The molecule has 94 valence electrons. The molecule has 2 amide bonds. The molecule has 0 fully saturated rings. The van der Waals surface area contributed by atoms with E-state index in [-0.39, 0.29) is 25.2 Å². The number of amides is 2. The second-order valence-electron chi connectivity index (χ2n) is 3.19.